The van der Waals surface area contributed by atoms with Crippen LogP contribution in [0.5, 0.6) is 0 Å². The summed E-state index contributed by atoms with van der Waals surface area (Å²) in [7, 11) is 0. The van der Waals surface area contributed by atoms with Crippen LogP contribution in [0.15, 0.2) is 24.5 Å². The summed E-state index contributed by atoms with van der Waals surface area (Å²) < 4.78 is 0. The van der Waals surface area contributed by atoms with Crippen molar-refractivity contribution in [3.05, 3.63) is 30.1 Å². The Bertz CT molecular complexity index is 453. The van der Waals surface area contributed by atoms with Crippen molar-refractivity contribution in [3.8, 4) is 6.07 Å². The van der Waals surface area contributed by atoms with E-state index in [4.69, 9.17) is 5.26 Å². The number of rotatable bonds is 9. The van der Waals surface area contributed by atoms with E-state index in [0.29, 0.717) is 32.0 Å². The van der Waals surface area contributed by atoms with Gasteiger partial charge in [-0.2, -0.15) is 5.26 Å². The molecule has 0 spiro atoms. The summed E-state index contributed by atoms with van der Waals surface area (Å²) in [5.74, 6) is 0.0969. The second kappa shape index (κ2) is 9.89. The summed E-state index contributed by atoms with van der Waals surface area (Å²) in [4.78, 5) is 18.1. The van der Waals surface area contributed by atoms with Gasteiger partial charge in [0, 0.05) is 37.9 Å². The lowest BCUT2D eigenvalue weighted by Crippen LogP contribution is -2.32. The zero-order chi connectivity index (χ0) is 15.5. The number of nitrogens with zero attached hydrogens (tertiary/aromatic N) is 3. The average Bonchev–Trinajstić information content (AvgIpc) is 2.48. The van der Waals surface area contributed by atoms with Gasteiger partial charge in [0.05, 0.1) is 12.5 Å². The van der Waals surface area contributed by atoms with Crippen LogP contribution in [-0.2, 0) is 11.3 Å². The molecule has 0 saturated heterocycles. The molecule has 0 aliphatic heterocycles. The maximum atomic E-state index is 12.3. The molecule has 0 fully saturated rings. The number of hydrogen-bond acceptors (Lipinski definition) is 4. The SMILES string of the molecule is CC(C)NCCCC(=O)N(CCC#N)Cc1cccnc1. The van der Waals surface area contributed by atoms with Crippen LogP contribution in [-0.4, -0.2) is 34.9 Å². The number of pyridine rings is 1. The van der Waals surface area contributed by atoms with Gasteiger partial charge >= 0.3 is 0 Å². The zero-order valence-corrected chi connectivity index (χ0v) is 12.9. The Hall–Kier alpha value is -1.93. The van der Waals surface area contributed by atoms with E-state index in [2.05, 4.69) is 30.2 Å². The predicted molar refractivity (Wildman–Crippen MR) is 82.3 cm³/mol. The van der Waals surface area contributed by atoms with Gasteiger partial charge in [-0.25, -0.2) is 0 Å². The molecule has 0 radical (unpaired) electrons. The maximum Gasteiger partial charge on any atom is 0.222 e. The number of carbonyl (C=O) groups is 1. The Morgan fingerprint density at radius 1 is 1.52 bits per heavy atom. The van der Waals surface area contributed by atoms with Crippen molar-refractivity contribution in [1.82, 2.24) is 15.2 Å². The number of aromatic nitrogens is 1. The Kier molecular flexibility index (Phi) is 8.07. The third kappa shape index (κ3) is 7.42. The van der Waals surface area contributed by atoms with Crippen LogP contribution in [0.25, 0.3) is 0 Å². The molecule has 0 unspecified atom stereocenters. The molecule has 0 atom stereocenters. The smallest absolute Gasteiger partial charge is 0.222 e. The van der Waals surface area contributed by atoms with Crippen LogP contribution in [0.3, 0.4) is 0 Å². The molecule has 114 valence electrons. The number of carbonyl (C=O) groups excluding carboxylic acids is 1. The van der Waals surface area contributed by atoms with Gasteiger partial charge in [-0.3, -0.25) is 9.78 Å². The van der Waals surface area contributed by atoms with E-state index in [1.807, 2.05) is 12.1 Å². The van der Waals surface area contributed by atoms with E-state index >= 15 is 0 Å². The topological polar surface area (TPSA) is 69.0 Å². The highest BCUT2D eigenvalue weighted by atomic mass is 16.2. The van der Waals surface area contributed by atoms with Gasteiger partial charge in [0.2, 0.25) is 5.91 Å². The fourth-order valence-corrected chi connectivity index (χ4v) is 1.98. The first-order valence-corrected chi connectivity index (χ1v) is 7.40. The van der Waals surface area contributed by atoms with Gasteiger partial charge in [-0.1, -0.05) is 19.9 Å². The van der Waals surface area contributed by atoms with E-state index in [-0.39, 0.29) is 5.91 Å². The van der Waals surface area contributed by atoms with Crippen molar-refractivity contribution in [3.63, 3.8) is 0 Å². The summed E-state index contributed by atoms with van der Waals surface area (Å²) in [5.41, 5.74) is 0.990. The second-order valence-electron chi connectivity index (χ2n) is 5.30. The van der Waals surface area contributed by atoms with Gasteiger partial charge in [0.15, 0.2) is 0 Å². The molecule has 0 aromatic carbocycles. The van der Waals surface area contributed by atoms with Crippen LogP contribution >= 0.6 is 0 Å². The molecule has 0 aliphatic carbocycles. The van der Waals surface area contributed by atoms with Crippen LogP contribution in [0.4, 0.5) is 0 Å². The summed E-state index contributed by atoms with van der Waals surface area (Å²) in [6.45, 7) is 6.00. The Morgan fingerprint density at radius 3 is 2.95 bits per heavy atom. The molecule has 1 aromatic heterocycles. The van der Waals surface area contributed by atoms with E-state index in [1.54, 1.807) is 17.3 Å². The van der Waals surface area contributed by atoms with Crippen molar-refractivity contribution < 1.29 is 4.79 Å². The fourth-order valence-electron chi connectivity index (χ4n) is 1.98. The molecule has 5 nitrogen and oxygen atoms in total. The molecule has 1 heterocycles. The third-order valence-corrected chi connectivity index (χ3v) is 3.06. The lowest BCUT2D eigenvalue weighted by atomic mass is 10.2. The first kappa shape index (κ1) is 17.1. The number of nitrogens with one attached hydrogen (secondary N) is 1. The molecular weight excluding hydrogens is 264 g/mol. The van der Waals surface area contributed by atoms with Crippen molar-refractivity contribution in [2.75, 3.05) is 13.1 Å². The molecule has 0 bridgehead atoms. The lowest BCUT2D eigenvalue weighted by Gasteiger charge is -2.22. The van der Waals surface area contributed by atoms with Crippen molar-refractivity contribution >= 4 is 5.91 Å². The Morgan fingerprint density at radius 2 is 2.33 bits per heavy atom. The van der Waals surface area contributed by atoms with Crippen LogP contribution in [0, 0.1) is 11.3 Å². The first-order chi connectivity index (χ1) is 10.1. The Labute approximate surface area is 127 Å². The van der Waals surface area contributed by atoms with Gasteiger partial charge in [0.25, 0.3) is 0 Å². The first-order valence-electron chi connectivity index (χ1n) is 7.40. The maximum absolute atomic E-state index is 12.3. The van der Waals surface area contributed by atoms with Gasteiger partial charge in [-0.05, 0) is 24.6 Å². The van der Waals surface area contributed by atoms with E-state index < -0.39 is 0 Å². The van der Waals surface area contributed by atoms with E-state index in [1.165, 1.54) is 0 Å². The van der Waals surface area contributed by atoms with Crippen LogP contribution in [0.1, 0.15) is 38.7 Å². The van der Waals surface area contributed by atoms with Gasteiger partial charge in [-0.15, -0.1) is 0 Å². The van der Waals surface area contributed by atoms with Gasteiger partial charge < -0.3 is 10.2 Å². The minimum Gasteiger partial charge on any atom is -0.337 e. The van der Waals surface area contributed by atoms with Crippen molar-refractivity contribution in [2.45, 2.75) is 45.7 Å². The van der Waals surface area contributed by atoms with Crippen LogP contribution in [0.2, 0.25) is 0 Å². The number of nitriles is 1. The van der Waals surface area contributed by atoms with Crippen molar-refractivity contribution in [2.24, 2.45) is 0 Å². The molecule has 0 aliphatic rings. The molecule has 0 saturated carbocycles. The normalized spacial score (nSPS) is 10.4. The zero-order valence-electron chi connectivity index (χ0n) is 12.9. The van der Waals surface area contributed by atoms with Gasteiger partial charge in [0.1, 0.15) is 0 Å². The molecule has 1 N–H and O–H groups in total. The Balaban J connectivity index is 2.48. The molecular formula is C16H24N4O. The van der Waals surface area contributed by atoms with E-state index in [0.717, 1.165) is 18.5 Å². The quantitative estimate of drug-likeness (QED) is 0.707. The van der Waals surface area contributed by atoms with E-state index in [9.17, 15) is 4.79 Å². The number of amides is 1. The summed E-state index contributed by atoms with van der Waals surface area (Å²) in [6.07, 6.45) is 5.14. The molecule has 21 heavy (non-hydrogen) atoms. The average molecular weight is 288 g/mol. The summed E-state index contributed by atoms with van der Waals surface area (Å²) in [6, 6.07) is 6.33. The monoisotopic (exact) mass is 288 g/mol. The third-order valence-electron chi connectivity index (χ3n) is 3.06. The highest BCUT2D eigenvalue weighted by Crippen LogP contribution is 2.07. The highest BCUT2D eigenvalue weighted by Gasteiger charge is 2.13. The van der Waals surface area contributed by atoms with Crippen molar-refractivity contribution in [1.29, 1.82) is 5.26 Å². The summed E-state index contributed by atoms with van der Waals surface area (Å²) in [5, 5.41) is 12.0. The fraction of sp³-hybridized carbons (Fsp3) is 0.562. The second-order valence-corrected chi connectivity index (χ2v) is 5.30. The molecule has 1 aromatic rings. The standard InChI is InChI=1S/C16H24N4O/c1-14(2)19-10-4-7-16(21)20(11-5-8-17)13-15-6-3-9-18-12-15/h3,6,9,12,14,19H,4-5,7,10-11,13H2,1-2H3. The predicted octanol–water partition coefficient (Wildman–Crippen LogP) is 2.10. The summed E-state index contributed by atoms with van der Waals surface area (Å²) >= 11 is 0. The molecule has 1 amide bonds. The minimum atomic E-state index is 0.0969. The van der Waals surface area contributed by atoms with Crippen LogP contribution < -0.4 is 5.32 Å². The molecule has 1 rings (SSSR count). The number of hydrogen-bond donors (Lipinski definition) is 1. The lowest BCUT2D eigenvalue weighted by molar-refractivity contribution is -0.131. The minimum absolute atomic E-state index is 0.0969. The largest absolute Gasteiger partial charge is 0.337 e. The molecule has 5 heteroatoms. The highest BCUT2D eigenvalue weighted by molar-refractivity contribution is 5.76.